The number of aliphatic imine (C=N–C) groups is 2. The number of hydrogen-bond donors (Lipinski definition) is 2. The average Bonchev–Trinajstić information content (AvgIpc) is 3.11. The van der Waals surface area contributed by atoms with Crippen LogP contribution >= 0.6 is 0 Å². The molecule has 0 aromatic carbocycles. The SMILES string of the molecule is CCOC(C/N=C/c1ccc[nH]1)C/N=C/c1ccc[nH]1. The third-order valence-electron chi connectivity index (χ3n) is 2.73. The molecule has 2 heterocycles. The Kier molecular flexibility index (Phi) is 5.79. The molecular formula is C15H20N4O. The highest BCUT2D eigenvalue weighted by atomic mass is 16.5. The number of nitrogens with one attached hydrogen (secondary N) is 2. The molecule has 0 amide bonds. The van der Waals surface area contributed by atoms with Crippen LogP contribution in [-0.4, -0.2) is 48.2 Å². The smallest absolute Gasteiger partial charge is 0.0964 e. The van der Waals surface area contributed by atoms with Gasteiger partial charge in [-0.15, -0.1) is 0 Å². The summed E-state index contributed by atoms with van der Waals surface area (Å²) in [7, 11) is 0. The zero-order chi connectivity index (χ0) is 14.0. The fourth-order valence-electron chi connectivity index (χ4n) is 1.79. The van der Waals surface area contributed by atoms with Gasteiger partial charge < -0.3 is 14.7 Å². The Balaban J connectivity index is 1.80. The van der Waals surface area contributed by atoms with Crippen molar-refractivity contribution in [2.45, 2.75) is 13.0 Å². The number of rotatable bonds is 8. The molecule has 5 heteroatoms. The van der Waals surface area contributed by atoms with E-state index in [0.29, 0.717) is 19.7 Å². The third-order valence-corrected chi connectivity index (χ3v) is 2.73. The molecule has 2 aromatic rings. The summed E-state index contributed by atoms with van der Waals surface area (Å²) in [4.78, 5) is 14.9. The van der Waals surface area contributed by atoms with Gasteiger partial charge in [-0.1, -0.05) is 0 Å². The Hall–Kier alpha value is -2.14. The molecule has 2 N–H and O–H groups in total. The van der Waals surface area contributed by atoms with E-state index in [2.05, 4.69) is 20.0 Å². The van der Waals surface area contributed by atoms with Crippen molar-refractivity contribution in [2.24, 2.45) is 9.98 Å². The van der Waals surface area contributed by atoms with Crippen LogP contribution in [0.1, 0.15) is 18.3 Å². The van der Waals surface area contributed by atoms with Gasteiger partial charge in [0.15, 0.2) is 0 Å². The Morgan fingerprint density at radius 3 is 2.00 bits per heavy atom. The summed E-state index contributed by atoms with van der Waals surface area (Å²) in [5, 5.41) is 0. The minimum atomic E-state index is 0.0115. The normalized spacial score (nSPS) is 12.1. The Morgan fingerprint density at radius 2 is 1.60 bits per heavy atom. The summed E-state index contributed by atoms with van der Waals surface area (Å²) in [6.07, 6.45) is 7.41. The average molecular weight is 272 g/mol. The van der Waals surface area contributed by atoms with Gasteiger partial charge in [0, 0.05) is 31.4 Å². The van der Waals surface area contributed by atoms with Gasteiger partial charge in [-0.25, -0.2) is 0 Å². The molecule has 0 fully saturated rings. The first-order chi connectivity index (χ1) is 9.88. The first-order valence-electron chi connectivity index (χ1n) is 6.76. The number of ether oxygens (including phenoxy) is 1. The van der Waals surface area contributed by atoms with Crippen molar-refractivity contribution in [1.29, 1.82) is 0 Å². The van der Waals surface area contributed by atoms with Crippen molar-refractivity contribution in [3.05, 3.63) is 48.0 Å². The zero-order valence-corrected chi connectivity index (χ0v) is 11.6. The van der Waals surface area contributed by atoms with Crippen LogP contribution in [-0.2, 0) is 4.74 Å². The van der Waals surface area contributed by atoms with Gasteiger partial charge in [-0.3, -0.25) is 9.98 Å². The van der Waals surface area contributed by atoms with E-state index in [9.17, 15) is 0 Å². The van der Waals surface area contributed by atoms with Gasteiger partial charge in [0.2, 0.25) is 0 Å². The molecule has 2 rings (SSSR count). The van der Waals surface area contributed by atoms with E-state index in [4.69, 9.17) is 4.74 Å². The summed E-state index contributed by atoms with van der Waals surface area (Å²) in [6.45, 7) is 3.86. The van der Waals surface area contributed by atoms with Crippen LogP contribution in [0.15, 0.2) is 46.6 Å². The second kappa shape index (κ2) is 8.12. The van der Waals surface area contributed by atoms with E-state index in [-0.39, 0.29) is 6.10 Å². The van der Waals surface area contributed by atoms with Crippen LogP contribution in [0.4, 0.5) is 0 Å². The minimum Gasteiger partial charge on any atom is -0.375 e. The first-order valence-corrected chi connectivity index (χ1v) is 6.76. The van der Waals surface area contributed by atoms with E-state index in [1.54, 1.807) is 0 Å². The molecular weight excluding hydrogens is 252 g/mol. The topological polar surface area (TPSA) is 65.5 Å². The van der Waals surface area contributed by atoms with Crippen LogP contribution < -0.4 is 0 Å². The lowest BCUT2D eigenvalue weighted by atomic mass is 10.3. The van der Waals surface area contributed by atoms with Crippen molar-refractivity contribution in [3.8, 4) is 0 Å². The maximum Gasteiger partial charge on any atom is 0.0964 e. The molecule has 0 radical (unpaired) electrons. The second-order valence-electron chi connectivity index (χ2n) is 4.32. The van der Waals surface area contributed by atoms with Crippen molar-refractivity contribution in [3.63, 3.8) is 0 Å². The van der Waals surface area contributed by atoms with Crippen LogP contribution in [0, 0.1) is 0 Å². The van der Waals surface area contributed by atoms with Crippen LogP contribution in [0.3, 0.4) is 0 Å². The fourth-order valence-corrected chi connectivity index (χ4v) is 1.79. The highest BCUT2D eigenvalue weighted by Crippen LogP contribution is 1.97. The van der Waals surface area contributed by atoms with E-state index in [1.165, 1.54) is 0 Å². The molecule has 0 aliphatic heterocycles. The Labute approximate surface area is 118 Å². The third kappa shape index (κ3) is 4.85. The van der Waals surface area contributed by atoms with Crippen molar-refractivity contribution >= 4 is 12.4 Å². The Bertz CT molecular complexity index is 468. The molecule has 0 aliphatic carbocycles. The highest BCUT2D eigenvalue weighted by Gasteiger charge is 2.05. The molecule has 0 saturated heterocycles. The maximum absolute atomic E-state index is 5.63. The molecule has 106 valence electrons. The van der Waals surface area contributed by atoms with E-state index >= 15 is 0 Å². The predicted octanol–water partition coefficient (Wildman–Crippen LogP) is 2.29. The van der Waals surface area contributed by atoms with Gasteiger partial charge in [-0.2, -0.15) is 0 Å². The molecule has 5 nitrogen and oxygen atoms in total. The summed E-state index contributed by atoms with van der Waals surface area (Å²) in [5.41, 5.74) is 1.99. The number of aromatic nitrogens is 2. The largest absolute Gasteiger partial charge is 0.375 e. The molecule has 0 unspecified atom stereocenters. The second-order valence-corrected chi connectivity index (χ2v) is 4.32. The summed E-state index contributed by atoms with van der Waals surface area (Å²) >= 11 is 0. The van der Waals surface area contributed by atoms with Crippen LogP contribution in [0.25, 0.3) is 0 Å². The monoisotopic (exact) mass is 272 g/mol. The van der Waals surface area contributed by atoms with Crippen LogP contribution in [0.2, 0.25) is 0 Å². The molecule has 0 bridgehead atoms. The lowest BCUT2D eigenvalue weighted by Gasteiger charge is -2.11. The van der Waals surface area contributed by atoms with Crippen LogP contribution in [0.5, 0.6) is 0 Å². The standard InChI is InChI=1S/C15H20N4O/c1-2-20-15(11-16-9-13-5-3-7-18-13)12-17-10-14-6-4-8-19-14/h3-10,15,18-19H,2,11-12H2,1H3/b16-9+,17-10+. The highest BCUT2D eigenvalue weighted by molar-refractivity contribution is 5.77. The zero-order valence-electron chi connectivity index (χ0n) is 11.6. The van der Waals surface area contributed by atoms with Crippen molar-refractivity contribution in [1.82, 2.24) is 9.97 Å². The van der Waals surface area contributed by atoms with E-state index in [1.807, 2.05) is 56.0 Å². The summed E-state index contributed by atoms with van der Waals surface area (Å²) in [6, 6.07) is 7.84. The number of nitrogens with zero attached hydrogens (tertiary/aromatic N) is 2. The molecule has 20 heavy (non-hydrogen) atoms. The molecule has 0 spiro atoms. The quantitative estimate of drug-likeness (QED) is 0.711. The van der Waals surface area contributed by atoms with Gasteiger partial charge in [0.05, 0.1) is 30.6 Å². The lowest BCUT2D eigenvalue weighted by Crippen LogP contribution is -2.20. The maximum atomic E-state index is 5.63. The Morgan fingerprint density at radius 1 is 1.05 bits per heavy atom. The molecule has 0 saturated carbocycles. The summed E-state index contributed by atoms with van der Waals surface area (Å²) < 4.78 is 5.63. The minimum absolute atomic E-state index is 0.0115. The van der Waals surface area contributed by atoms with Gasteiger partial charge in [0.1, 0.15) is 0 Å². The molecule has 0 aliphatic rings. The lowest BCUT2D eigenvalue weighted by molar-refractivity contribution is 0.0762. The molecule has 0 atom stereocenters. The number of aromatic amines is 2. The first kappa shape index (κ1) is 14.3. The summed E-state index contributed by atoms with van der Waals surface area (Å²) in [5.74, 6) is 0. The van der Waals surface area contributed by atoms with E-state index in [0.717, 1.165) is 11.4 Å². The van der Waals surface area contributed by atoms with Gasteiger partial charge >= 0.3 is 0 Å². The van der Waals surface area contributed by atoms with E-state index < -0.39 is 0 Å². The van der Waals surface area contributed by atoms with Crippen molar-refractivity contribution in [2.75, 3.05) is 19.7 Å². The van der Waals surface area contributed by atoms with Crippen molar-refractivity contribution < 1.29 is 4.74 Å². The number of H-pyrrole nitrogens is 2. The molecule has 2 aromatic heterocycles. The fraction of sp³-hybridized carbons (Fsp3) is 0.333. The number of hydrogen-bond acceptors (Lipinski definition) is 3. The van der Waals surface area contributed by atoms with Gasteiger partial charge in [0.25, 0.3) is 0 Å². The van der Waals surface area contributed by atoms with Gasteiger partial charge in [-0.05, 0) is 31.2 Å². The predicted molar refractivity (Wildman–Crippen MR) is 81.9 cm³/mol.